The van der Waals surface area contributed by atoms with Crippen LogP contribution in [0.4, 0.5) is 18.9 Å². The van der Waals surface area contributed by atoms with Gasteiger partial charge in [-0.2, -0.15) is 13.2 Å². The predicted octanol–water partition coefficient (Wildman–Crippen LogP) is 2.91. The summed E-state index contributed by atoms with van der Waals surface area (Å²) in [6.45, 7) is 1.33. The van der Waals surface area contributed by atoms with Crippen LogP contribution >= 0.6 is 0 Å². The second-order valence-corrected chi connectivity index (χ2v) is 3.18. The van der Waals surface area contributed by atoms with Crippen molar-refractivity contribution in [1.82, 2.24) is 0 Å². The van der Waals surface area contributed by atoms with Crippen LogP contribution in [0.2, 0.25) is 0 Å². The zero-order valence-electron chi connectivity index (χ0n) is 8.27. The topological polar surface area (TPSA) is 35.2 Å². The lowest BCUT2D eigenvalue weighted by Gasteiger charge is -2.11. The highest BCUT2D eigenvalue weighted by molar-refractivity contribution is 5.53. The maximum Gasteiger partial charge on any atom is 0.392 e. The van der Waals surface area contributed by atoms with Gasteiger partial charge in [-0.05, 0) is 19.1 Å². The molecular weight excluding hydrogens is 207 g/mol. The van der Waals surface area contributed by atoms with E-state index in [0.29, 0.717) is 17.0 Å². The molecule has 1 aromatic carbocycles. The summed E-state index contributed by atoms with van der Waals surface area (Å²) in [5.74, 6) is 0.402. The van der Waals surface area contributed by atoms with Crippen molar-refractivity contribution in [1.29, 1.82) is 0 Å². The fourth-order valence-electron chi connectivity index (χ4n) is 1.06. The average Bonchev–Trinajstić information content (AvgIpc) is 2.10. The Hall–Kier alpha value is -1.39. The molecule has 0 radical (unpaired) electrons. The highest BCUT2D eigenvalue weighted by atomic mass is 19.4. The summed E-state index contributed by atoms with van der Waals surface area (Å²) in [7, 11) is 0. The van der Waals surface area contributed by atoms with E-state index in [1.165, 1.54) is 0 Å². The molecule has 0 aliphatic carbocycles. The Labute approximate surface area is 85.8 Å². The van der Waals surface area contributed by atoms with E-state index in [4.69, 9.17) is 10.5 Å². The number of hydrogen-bond donors (Lipinski definition) is 1. The molecule has 5 heteroatoms. The number of hydrogen-bond acceptors (Lipinski definition) is 2. The summed E-state index contributed by atoms with van der Waals surface area (Å²) in [5, 5.41) is 0. The molecule has 0 atom stereocenters. The Balaban J connectivity index is 2.55. The molecule has 2 nitrogen and oxygen atoms in total. The summed E-state index contributed by atoms with van der Waals surface area (Å²) < 4.78 is 40.5. The van der Waals surface area contributed by atoms with Crippen LogP contribution in [0.25, 0.3) is 0 Å². The van der Waals surface area contributed by atoms with Crippen LogP contribution in [0.1, 0.15) is 12.0 Å². The first-order valence-corrected chi connectivity index (χ1v) is 4.45. The van der Waals surface area contributed by atoms with E-state index in [0.717, 1.165) is 0 Å². The quantitative estimate of drug-likeness (QED) is 0.793. The molecule has 2 N–H and O–H groups in total. The van der Waals surface area contributed by atoms with E-state index in [1.54, 1.807) is 25.1 Å². The van der Waals surface area contributed by atoms with E-state index in [2.05, 4.69) is 0 Å². The van der Waals surface area contributed by atoms with E-state index in [9.17, 15) is 13.2 Å². The van der Waals surface area contributed by atoms with Crippen LogP contribution in [-0.2, 0) is 0 Å². The third-order valence-corrected chi connectivity index (χ3v) is 1.97. The molecule has 0 fully saturated rings. The van der Waals surface area contributed by atoms with Gasteiger partial charge in [-0.15, -0.1) is 0 Å². The van der Waals surface area contributed by atoms with Crippen LogP contribution < -0.4 is 10.5 Å². The fraction of sp³-hybridized carbons (Fsp3) is 0.400. The van der Waals surface area contributed by atoms with E-state index in [1.807, 2.05) is 0 Å². The van der Waals surface area contributed by atoms with Gasteiger partial charge >= 0.3 is 6.18 Å². The molecule has 0 unspecified atom stereocenters. The number of benzene rings is 1. The first kappa shape index (κ1) is 11.7. The molecule has 0 heterocycles. The molecule has 0 aliphatic heterocycles. The Kier molecular flexibility index (Phi) is 3.44. The molecule has 0 saturated carbocycles. The van der Waals surface area contributed by atoms with Gasteiger partial charge in [0.1, 0.15) is 5.75 Å². The molecule has 0 bridgehead atoms. The monoisotopic (exact) mass is 219 g/mol. The van der Waals surface area contributed by atoms with Gasteiger partial charge < -0.3 is 10.5 Å². The maximum atomic E-state index is 11.8. The van der Waals surface area contributed by atoms with Crippen molar-refractivity contribution >= 4 is 5.69 Å². The van der Waals surface area contributed by atoms with Crippen LogP contribution in [0.15, 0.2) is 18.2 Å². The second kappa shape index (κ2) is 4.42. The van der Waals surface area contributed by atoms with Crippen molar-refractivity contribution in [2.75, 3.05) is 12.3 Å². The predicted molar refractivity (Wildman–Crippen MR) is 51.8 cm³/mol. The number of halogens is 3. The summed E-state index contributed by atoms with van der Waals surface area (Å²) in [5.41, 5.74) is 6.76. The highest BCUT2D eigenvalue weighted by Gasteiger charge is 2.26. The van der Waals surface area contributed by atoms with Gasteiger partial charge in [-0.1, -0.05) is 6.07 Å². The molecule has 1 rings (SSSR count). The second-order valence-electron chi connectivity index (χ2n) is 3.18. The third-order valence-electron chi connectivity index (χ3n) is 1.97. The van der Waals surface area contributed by atoms with Gasteiger partial charge in [-0.3, -0.25) is 0 Å². The van der Waals surface area contributed by atoms with Gasteiger partial charge in [0.2, 0.25) is 0 Å². The van der Waals surface area contributed by atoms with Gasteiger partial charge in [0, 0.05) is 11.3 Å². The standard InChI is InChI=1S/C10H12F3NO/c1-7-8(14)3-2-4-9(7)15-6-5-10(11,12)13/h2-4H,5-6,14H2,1H3. The largest absolute Gasteiger partial charge is 0.493 e. The minimum atomic E-state index is -4.19. The van der Waals surface area contributed by atoms with Gasteiger partial charge in [0.25, 0.3) is 0 Å². The van der Waals surface area contributed by atoms with E-state index >= 15 is 0 Å². The minimum absolute atomic E-state index is 0.381. The number of nitrogen functional groups attached to an aromatic ring is 1. The van der Waals surface area contributed by atoms with Gasteiger partial charge in [0.05, 0.1) is 13.0 Å². The summed E-state index contributed by atoms with van der Waals surface area (Å²) in [6, 6.07) is 4.92. The number of alkyl halides is 3. The zero-order valence-corrected chi connectivity index (χ0v) is 8.27. The smallest absolute Gasteiger partial charge is 0.392 e. The summed E-state index contributed by atoms with van der Waals surface area (Å²) in [6.07, 6.45) is -5.14. The lowest BCUT2D eigenvalue weighted by atomic mass is 10.2. The Bertz CT molecular complexity index is 336. The van der Waals surface area contributed by atoms with Crippen molar-refractivity contribution in [3.8, 4) is 5.75 Å². The molecule has 0 saturated heterocycles. The molecule has 84 valence electrons. The van der Waals surface area contributed by atoms with E-state index in [-0.39, 0.29) is 6.61 Å². The molecule has 15 heavy (non-hydrogen) atoms. The number of ether oxygens (including phenoxy) is 1. The van der Waals surface area contributed by atoms with Crippen LogP contribution in [0, 0.1) is 6.92 Å². The summed E-state index contributed by atoms with van der Waals surface area (Å²) in [4.78, 5) is 0. The molecule has 0 aromatic heterocycles. The highest BCUT2D eigenvalue weighted by Crippen LogP contribution is 2.24. The fourth-order valence-corrected chi connectivity index (χ4v) is 1.06. The van der Waals surface area contributed by atoms with Crippen LogP contribution in [-0.4, -0.2) is 12.8 Å². The van der Waals surface area contributed by atoms with Gasteiger partial charge in [0.15, 0.2) is 0 Å². The Morgan fingerprint density at radius 3 is 2.60 bits per heavy atom. The molecule has 1 aromatic rings. The number of anilines is 1. The first-order valence-electron chi connectivity index (χ1n) is 4.45. The van der Waals surface area contributed by atoms with Crippen molar-refractivity contribution in [3.63, 3.8) is 0 Å². The Morgan fingerprint density at radius 2 is 2.00 bits per heavy atom. The van der Waals surface area contributed by atoms with E-state index < -0.39 is 12.6 Å². The van der Waals surface area contributed by atoms with Crippen molar-refractivity contribution in [2.45, 2.75) is 19.5 Å². The minimum Gasteiger partial charge on any atom is -0.493 e. The molecule has 0 spiro atoms. The van der Waals surface area contributed by atoms with Gasteiger partial charge in [-0.25, -0.2) is 0 Å². The summed E-state index contributed by atoms with van der Waals surface area (Å²) >= 11 is 0. The van der Waals surface area contributed by atoms with Crippen molar-refractivity contribution in [2.24, 2.45) is 0 Å². The normalized spacial score (nSPS) is 11.5. The molecule has 0 amide bonds. The lowest BCUT2D eigenvalue weighted by Crippen LogP contribution is -2.13. The Morgan fingerprint density at radius 1 is 1.33 bits per heavy atom. The van der Waals surface area contributed by atoms with Crippen molar-refractivity contribution in [3.05, 3.63) is 23.8 Å². The van der Waals surface area contributed by atoms with Crippen LogP contribution in [0.3, 0.4) is 0 Å². The third kappa shape index (κ3) is 3.69. The lowest BCUT2D eigenvalue weighted by molar-refractivity contribution is -0.139. The van der Waals surface area contributed by atoms with Crippen LogP contribution in [0.5, 0.6) is 5.75 Å². The first-order chi connectivity index (χ1) is 6.90. The maximum absolute atomic E-state index is 11.8. The molecule has 0 aliphatic rings. The SMILES string of the molecule is Cc1c(N)cccc1OCCC(F)(F)F. The van der Waals surface area contributed by atoms with Crippen molar-refractivity contribution < 1.29 is 17.9 Å². The zero-order chi connectivity index (χ0) is 11.5. The number of nitrogens with two attached hydrogens (primary N) is 1. The number of rotatable bonds is 3. The average molecular weight is 219 g/mol. The molecular formula is C10H12F3NO.